The molecule has 0 spiro atoms. The Hall–Kier alpha value is -3.86. The second-order valence-corrected chi connectivity index (χ2v) is 8.68. The van der Waals surface area contributed by atoms with Gasteiger partial charge in [-0.05, 0) is 72.4 Å². The molecule has 0 radical (unpaired) electrons. The Kier molecular flexibility index (Phi) is 8.34. The van der Waals surface area contributed by atoms with Crippen molar-refractivity contribution in [3.8, 4) is 11.5 Å². The quantitative estimate of drug-likeness (QED) is 0.351. The fourth-order valence-corrected chi connectivity index (χ4v) is 4.14. The van der Waals surface area contributed by atoms with E-state index >= 15 is 0 Å². The third-order valence-corrected chi connectivity index (χ3v) is 6.08. The maximum atomic E-state index is 11.6. The maximum absolute atomic E-state index is 11.6. The van der Waals surface area contributed by atoms with Crippen LogP contribution in [-0.4, -0.2) is 16.1 Å². The number of carboxylic acid groups (broad SMARTS) is 1. The van der Waals surface area contributed by atoms with Gasteiger partial charge in [0.05, 0.1) is 17.3 Å². The summed E-state index contributed by atoms with van der Waals surface area (Å²) in [5, 5.41) is 9.52. The molecule has 5 heteroatoms. The topological polar surface area (TPSA) is 68.7 Å². The van der Waals surface area contributed by atoms with E-state index in [1.165, 1.54) is 5.56 Å². The molecule has 5 nitrogen and oxygen atoms in total. The number of benzene rings is 2. The lowest BCUT2D eigenvalue weighted by molar-refractivity contribution is -0.141. The van der Waals surface area contributed by atoms with Crippen LogP contribution in [0.1, 0.15) is 47.8 Å². The minimum Gasteiger partial charge on any atom is -0.489 e. The van der Waals surface area contributed by atoms with E-state index in [4.69, 9.17) is 14.5 Å². The number of hydrogen-bond acceptors (Lipinski definition) is 4. The Morgan fingerprint density at radius 2 is 1.66 bits per heavy atom. The molecule has 1 atom stereocenters. The predicted molar refractivity (Wildman–Crippen MR) is 137 cm³/mol. The molecule has 0 fully saturated rings. The standard InChI is InChI=1S/C30H31NO4/c1-2-8-24(30(32)33)19-23-10-6-7-11-25(23)20-34-27-15-17-28(18-16-27)35-21-26-14-13-22-9-4-3-5-12-29(22)31-26/h3-7,10-18,24H,2,8-9,19-21H2,1H3,(H,32,33). The maximum Gasteiger partial charge on any atom is 0.306 e. The Balaban J connectivity index is 1.33. The molecular formula is C30H31NO4. The molecule has 0 aliphatic heterocycles. The molecule has 1 N–H and O–H groups in total. The average Bonchev–Trinajstić information content (AvgIpc) is 3.12. The van der Waals surface area contributed by atoms with Crippen LogP contribution < -0.4 is 9.47 Å². The third-order valence-electron chi connectivity index (χ3n) is 6.08. The summed E-state index contributed by atoms with van der Waals surface area (Å²) in [4.78, 5) is 16.3. The molecule has 4 rings (SSSR count). The van der Waals surface area contributed by atoms with Gasteiger partial charge in [0.1, 0.15) is 24.7 Å². The summed E-state index contributed by atoms with van der Waals surface area (Å²) < 4.78 is 11.9. The molecule has 1 heterocycles. The lowest BCUT2D eigenvalue weighted by atomic mass is 9.92. The van der Waals surface area contributed by atoms with Crippen molar-refractivity contribution in [3.05, 3.63) is 107 Å². The van der Waals surface area contributed by atoms with E-state index in [9.17, 15) is 9.90 Å². The Bertz CT molecular complexity index is 1200. The summed E-state index contributed by atoms with van der Waals surface area (Å²) in [6.45, 7) is 2.79. The molecular weight excluding hydrogens is 438 g/mol. The summed E-state index contributed by atoms with van der Waals surface area (Å²) in [5.41, 5.74) is 5.12. The van der Waals surface area contributed by atoms with Crippen molar-refractivity contribution in [2.24, 2.45) is 5.92 Å². The van der Waals surface area contributed by atoms with E-state index < -0.39 is 5.97 Å². The van der Waals surface area contributed by atoms with Gasteiger partial charge in [-0.15, -0.1) is 0 Å². The number of aliphatic carboxylic acids is 1. The van der Waals surface area contributed by atoms with Crippen molar-refractivity contribution in [1.82, 2.24) is 4.98 Å². The number of carbonyl (C=O) groups is 1. The zero-order chi connectivity index (χ0) is 24.5. The first kappa shape index (κ1) is 24.3. The van der Waals surface area contributed by atoms with Crippen molar-refractivity contribution < 1.29 is 19.4 Å². The van der Waals surface area contributed by atoms with E-state index in [0.717, 1.165) is 46.9 Å². The number of ether oxygens (including phenoxy) is 2. The lowest BCUT2D eigenvalue weighted by Gasteiger charge is -2.15. The van der Waals surface area contributed by atoms with Crippen LogP contribution in [0.25, 0.3) is 6.08 Å². The highest BCUT2D eigenvalue weighted by molar-refractivity contribution is 5.70. The van der Waals surface area contributed by atoms with Gasteiger partial charge < -0.3 is 14.6 Å². The summed E-state index contributed by atoms with van der Waals surface area (Å²) >= 11 is 0. The normalized spacial score (nSPS) is 13.1. The van der Waals surface area contributed by atoms with E-state index in [1.807, 2.05) is 79.7 Å². The van der Waals surface area contributed by atoms with Crippen molar-refractivity contribution in [2.75, 3.05) is 0 Å². The van der Waals surface area contributed by atoms with Crippen LogP contribution in [0, 0.1) is 5.92 Å². The van der Waals surface area contributed by atoms with Gasteiger partial charge in [-0.25, -0.2) is 4.98 Å². The number of aromatic nitrogens is 1. The monoisotopic (exact) mass is 469 g/mol. The van der Waals surface area contributed by atoms with Gasteiger partial charge >= 0.3 is 5.97 Å². The van der Waals surface area contributed by atoms with Crippen molar-refractivity contribution in [2.45, 2.75) is 45.8 Å². The molecule has 0 saturated carbocycles. The van der Waals surface area contributed by atoms with Crippen molar-refractivity contribution >= 4 is 12.0 Å². The van der Waals surface area contributed by atoms with Gasteiger partial charge in [-0.1, -0.05) is 61.9 Å². The molecule has 2 aromatic carbocycles. The number of fused-ring (bicyclic) bond motifs is 1. The van der Waals surface area contributed by atoms with Crippen LogP contribution in [0.4, 0.5) is 0 Å². The fourth-order valence-electron chi connectivity index (χ4n) is 4.14. The minimum atomic E-state index is -0.743. The van der Waals surface area contributed by atoms with Gasteiger partial charge in [-0.2, -0.15) is 0 Å². The molecule has 0 bridgehead atoms. The number of rotatable bonds is 11. The zero-order valence-electron chi connectivity index (χ0n) is 20.0. The second kappa shape index (κ2) is 12.0. The molecule has 180 valence electrons. The SMILES string of the molecule is CCCC(Cc1ccccc1COc1ccc(OCc2ccc3c(n2)C=CC=CC3)cc1)C(=O)O. The van der Waals surface area contributed by atoms with Gasteiger partial charge in [0.15, 0.2) is 0 Å². The Labute approximate surface area is 206 Å². The molecule has 1 aliphatic rings. The summed E-state index contributed by atoms with van der Waals surface area (Å²) in [7, 11) is 0. The van der Waals surface area contributed by atoms with E-state index in [-0.39, 0.29) is 5.92 Å². The van der Waals surface area contributed by atoms with Crippen LogP contribution in [0.15, 0.2) is 78.9 Å². The van der Waals surface area contributed by atoms with E-state index in [0.29, 0.717) is 26.1 Å². The first-order chi connectivity index (χ1) is 17.1. The van der Waals surface area contributed by atoms with Crippen LogP contribution in [-0.2, 0) is 30.8 Å². The highest BCUT2D eigenvalue weighted by Gasteiger charge is 2.18. The van der Waals surface area contributed by atoms with Gasteiger partial charge in [0.25, 0.3) is 0 Å². The highest BCUT2D eigenvalue weighted by Crippen LogP contribution is 2.23. The minimum absolute atomic E-state index is 0.376. The van der Waals surface area contributed by atoms with Gasteiger partial charge in [0, 0.05) is 0 Å². The molecule has 0 amide bonds. The summed E-state index contributed by atoms with van der Waals surface area (Å²) in [6, 6.07) is 19.5. The van der Waals surface area contributed by atoms with E-state index in [1.54, 1.807) is 0 Å². The highest BCUT2D eigenvalue weighted by atomic mass is 16.5. The lowest BCUT2D eigenvalue weighted by Crippen LogP contribution is -2.17. The fraction of sp³-hybridized carbons (Fsp3) is 0.267. The number of pyridine rings is 1. The molecule has 35 heavy (non-hydrogen) atoms. The number of carboxylic acids is 1. The third kappa shape index (κ3) is 6.82. The molecule has 0 saturated heterocycles. The average molecular weight is 470 g/mol. The second-order valence-electron chi connectivity index (χ2n) is 8.68. The van der Waals surface area contributed by atoms with E-state index in [2.05, 4.69) is 12.1 Å². The molecule has 1 unspecified atom stereocenters. The smallest absolute Gasteiger partial charge is 0.306 e. The number of hydrogen-bond donors (Lipinski definition) is 1. The van der Waals surface area contributed by atoms with Crippen LogP contribution in [0.2, 0.25) is 0 Å². The number of allylic oxidation sites excluding steroid dienone is 3. The van der Waals surface area contributed by atoms with Gasteiger partial charge in [0.2, 0.25) is 0 Å². The molecule has 1 aromatic heterocycles. The molecule has 3 aromatic rings. The number of nitrogens with zero attached hydrogens (tertiary/aromatic N) is 1. The Morgan fingerprint density at radius 3 is 2.37 bits per heavy atom. The first-order valence-electron chi connectivity index (χ1n) is 12.1. The summed E-state index contributed by atoms with van der Waals surface area (Å²) in [5.74, 6) is 0.360. The largest absolute Gasteiger partial charge is 0.489 e. The Morgan fingerprint density at radius 1 is 0.943 bits per heavy atom. The van der Waals surface area contributed by atoms with Crippen LogP contribution >= 0.6 is 0 Å². The first-order valence-corrected chi connectivity index (χ1v) is 12.1. The van der Waals surface area contributed by atoms with Crippen molar-refractivity contribution in [1.29, 1.82) is 0 Å². The predicted octanol–water partition coefficient (Wildman–Crippen LogP) is 6.41. The zero-order valence-corrected chi connectivity index (χ0v) is 20.0. The van der Waals surface area contributed by atoms with Crippen LogP contribution in [0.5, 0.6) is 11.5 Å². The molecule has 1 aliphatic carbocycles. The van der Waals surface area contributed by atoms with Crippen LogP contribution in [0.3, 0.4) is 0 Å². The summed E-state index contributed by atoms with van der Waals surface area (Å²) in [6.07, 6.45) is 11.1. The van der Waals surface area contributed by atoms with Gasteiger partial charge in [-0.3, -0.25) is 4.79 Å². The van der Waals surface area contributed by atoms with Crippen molar-refractivity contribution in [3.63, 3.8) is 0 Å².